The summed E-state index contributed by atoms with van der Waals surface area (Å²) in [6, 6.07) is 6.96. The van der Waals surface area contributed by atoms with Crippen LogP contribution in [0.25, 0.3) is 0 Å². The molecule has 3 aliphatic heterocycles. The second-order valence-corrected chi connectivity index (χ2v) is 8.65. The average molecular weight is 404 g/mol. The van der Waals surface area contributed by atoms with Gasteiger partial charge < -0.3 is 19.9 Å². The van der Waals surface area contributed by atoms with Crippen molar-refractivity contribution in [2.24, 2.45) is 0 Å². The van der Waals surface area contributed by atoms with Crippen LogP contribution in [0.5, 0.6) is 0 Å². The Morgan fingerprint density at radius 2 is 2.11 bits per heavy atom. The molecule has 7 heteroatoms. The molecule has 1 aromatic rings. The number of amides is 1. The Hall–Kier alpha value is -1.83. The van der Waals surface area contributed by atoms with Gasteiger partial charge in [-0.25, -0.2) is 4.79 Å². The van der Waals surface area contributed by atoms with Gasteiger partial charge in [0, 0.05) is 18.6 Å². The van der Waals surface area contributed by atoms with Gasteiger partial charge >= 0.3 is 5.97 Å². The zero-order valence-electron chi connectivity index (χ0n) is 15.6. The molecular formula is C21H25NO5S. The molecule has 150 valence electrons. The molecule has 2 saturated heterocycles. The first kappa shape index (κ1) is 19.5. The topological polar surface area (TPSA) is 84.9 Å². The summed E-state index contributed by atoms with van der Waals surface area (Å²) in [7, 11) is 0. The first-order chi connectivity index (χ1) is 13.5. The number of nitrogens with one attached hydrogen (secondary N) is 1. The summed E-state index contributed by atoms with van der Waals surface area (Å²) >= 11 is 1.13. The molecule has 4 atom stereocenters. The zero-order valence-corrected chi connectivity index (χ0v) is 16.5. The highest BCUT2D eigenvalue weighted by Gasteiger charge is 2.49. The lowest BCUT2D eigenvalue weighted by Crippen LogP contribution is -2.58. The van der Waals surface area contributed by atoms with Crippen LogP contribution in [0.15, 0.2) is 36.4 Å². The fourth-order valence-electron chi connectivity index (χ4n) is 4.05. The number of hydrogen-bond donors (Lipinski definition) is 2. The van der Waals surface area contributed by atoms with Crippen LogP contribution in [0.4, 0.5) is 4.79 Å². The lowest BCUT2D eigenvalue weighted by molar-refractivity contribution is -0.281. The number of hydrogen-bond acceptors (Lipinski definition) is 6. The molecule has 0 radical (unpaired) electrons. The summed E-state index contributed by atoms with van der Waals surface area (Å²) < 4.78 is 11.8. The monoisotopic (exact) mass is 403 g/mol. The van der Waals surface area contributed by atoms with Gasteiger partial charge in [0.25, 0.3) is 5.24 Å². The number of aliphatic hydroxyl groups is 1. The summed E-state index contributed by atoms with van der Waals surface area (Å²) in [5.41, 5.74) is 1.58. The zero-order chi connectivity index (χ0) is 19.6. The van der Waals surface area contributed by atoms with Crippen molar-refractivity contribution in [3.05, 3.63) is 47.5 Å². The molecule has 4 rings (SSSR count). The van der Waals surface area contributed by atoms with E-state index in [1.54, 1.807) is 6.07 Å². The highest BCUT2D eigenvalue weighted by Crippen LogP contribution is 2.36. The van der Waals surface area contributed by atoms with Crippen molar-refractivity contribution < 1.29 is 24.2 Å². The molecule has 2 N–H and O–H groups in total. The molecule has 1 amide bonds. The van der Waals surface area contributed by atoms with E-state index in [-0.39, 0.29) is 23.7 Å². The molecule has 28 heavy (non-hydrogen) atoms. The summed E-state index contributed by atoms with van der Waals surface area (Å²) in [6.07, 6.45) is 7.68. The van der Waals surface area contributed by atoms with Gasteiger partial charge in [-0.05, 0) is 43.4 Å². The number of carbonyl (C=O) groups excluding carboxylic acids is 2. The van der Waals surface area contributed by atoms with Crippen molar-refractivity contribution in [2.45, 2.75) is 62.6 Å². The van der Waals surface area contributed by atoms with Crippen LogP contribution < -0.4 is 5.32 Å². The Kier molecular flexibility index (Phi) is 5.75. The van der Waals surface area contributed by atoms with Crippen LogP contribution in [0, 0.1) is 0 Å². The smallest absolute Gasteiger partial charge is 0.338 e. The number of fused-ring (bicyclic) bond motifs is 4. The lowest BCUT2D eigenvalue weighted by Gasteiger charge is -2.43. The van der Waals surface area contributed by atoms with Gasteiger partial charge in [0.1, 0.15) is 6.10 Å². The minimum Gasteiger partial charge on any atom is -0.458 e. The fourth-order valence-corrected chi connectivity index (χ4v) is 4.94. The van der Waals surface area contributed by atoms with E-state index in [1.807, 2.05) is 18.2 Å². The number of benzene rings is 1. The first-order valence-corrected chi connectivity index (χ1v) is 10.8. The molecule has 0 aliphatic carbocycles. The van der Waals surface area contributed by atoms with Crippen molar-refractivity contribution in [1.29, 1.82) is 0 Å². The average Bonchev–Trinajstić information content (AvgIpc) is 3.11. The molecule has 4 bridgehead atoms. The Morgan fingerprint density at radius 1 is 1.21 bits per heavy atom. The third-order valence-electron chi connectivity index (χ3n) is 5.49. The van der Waals surface area contributed by atoms with Gasteiger partial charge in [-0.15, -0.1) is 0 Å². The molecule has 2 fully saturated rings. The van der Waals surface area contributed by atoms with E-state index in [2.05, 4.69) is 17.5 Å². The Balaban J connectivity index is 1.57. The maximum absolute atomic E-state index is 12.7. The second-order valence-electron chi connectivity index (χ2n) is 7.65. The van der Waals surface area contributed by atoms with Gasteiger partial charge in [0.15, 0.2) is 5.79 Å². The van der Waals surface area contributed by atoms with Crippen LogP contribution in [-0.2, 0) is 15.9 Å². The van der Waals surface area contributed by atoms with Crippen molar-refractivity contribution in [1.82, 2.24) is 5.32 Å². The molecule has 0 unspecified atom stereocenters. The summed E-state index contributed by atoms with van der Waals surface area (Å²) in [5.74, 6) is -1.48. The van der Waals surface area contributed by atoms with E-state index in [9.17, 15) is 14.7 Å². The predicted molar refractivity (Wildman–Crippen MR) is 106 cm³/mol. The van der Waals surface area contributed by atoms with Crippen LogP contribution in [0.1, 0.15) is 48.0 Å². The van der Waals surface area contributed by atoms with Gasteiger partial charge in [-0.1, -0.05) is 36.0 Å². The second kappa shape index (κ2) is 8.27. The van der Waals surface area contributed by atoms with E-state index in [0.29, 0.717) is 17.7 Å². The van der Waals surface area contributed by atoms with Crippen LogP contribution in [0.2, 0.25) is 0 Å². The maximum Gasteiger partial charge on any atom is 0.338 e. The highest BCUT2D eigenvalue weighted by molar-refractivity contribution is 8.14. The van der Waals surface area contributed by atoms with Gasteiger partial charge in [0.2, 0.25) is 0 Å². The van der Waals surface area contributed by atoms with Crippen molar-refractivity contribution in [2.75, 3.05) is 5.75 Å². The fraction of sp³-hybridized carbons (Fsp3) is 0.524. The molecule has 0 saturated carbocycles. The molecule has 3 aliphatic rings. The number of allylic oxidation sites excluding steroid dienone is 2. The SMILES string of the molecule is O=C1N[C@H]([C@@]2(O)C[C@H]3C[C@@H](CCCC=CCc4cccc(c4)C(=O)O3)O2)CS1. The summed E-state index contributed by atoms with van der Waals surface area (Å²) in [5, 5.41) is 13.8. The summed E-state index contributed by atoms with van der Waals surface area (Å²) in [6.45, 7) is 0. The van der Waals surface area contributed by atoms with E-state index >= 15 is 0 Å². The number of ether oxygens (including phenoxy) is 2. The Bertz CT molecular complexity index is 782. The molecule has 3 heterocycles. The standard InChI is InChI=1S/C21H25NO5S/c23-19-15-8-5-7-14(10-15)6-3-1-2-4-9-16-11-17(26-19)12-21(25,27-16)18-13-28-20(24)22-18/h1,3,5,7-8,10,16-18,25H,2,4,6,9,11-13H2,(H,22,24)/t16-,17-,18+,21-/m1/s1. The van der Waals surface area contributed by atoms with Crippen LogP contribution in [-0.4, -0.2) is 46.1 Å². The van der Waals surface area contributed by atoms with Crippen molar-refractivity contribution >= 4 is 23.0 Å². The largest absolute Gasteiger partial charge is 0.458 e. The summed E-state index contributed by atoms with van der Waals surface area (Å²) in [4.78, 5) is 24.3. The van der Waals surface area contributed by atoms with Gasteiger partial charge in [0.05, 0.1) is 17.7 Å². The Labute approximate surface area is 168 Å². The Morgan fingerprint density at radius 3 is 2.93 bits per heavy atom. The molecule has 0 aromatic heterocycles. The lowest BCUT2D eigenvalue weighted by atomic mass is 9.91. The third-order valence-corrected chi connectivity index (χ3v) is 6.37. The minimum atomic E-state index is -1.53. The first-order valence-electron chi connectivity index (χ1n) is 9.80. The number of thioether (sulfide) groups is 1. The van der Waals surface area contributed by atoms with Crippen LogP contribution >= 0.6 is 11.8 Å². The molecule has 6 nitrogen and oxygen atoms in total. The number of carbonyl (C=O) groups is 2. The normalized spacial score (nSPS) is 33.7. The highest BCUT2D eigenvalue weighted by atomic mass is 32.2. The van der Waals surface area contributed by atoms with Crippen molar-refractivity contribution in [3.63, 3.8) is 0 Å². The minimum absolute atomic E-state index is 0.153. The van der Waals surface area contributed by atoms with E-state index in [1.165, 1.54) is 0 Å². The molecule has 0 spiro atoms. The van der Waals surface area contributed by atoms with E-state index in [0.717, 1.165) is 43.0 Å². The van der Waals surface area contributed by atoms with E-state index < -0.39 is 17.9 Å². The van der Waals surface area contributed by atoms with Crippen LogP contribution in [0.3, 0.4) is 0 Å². The van der Waals surface area contributed by atoms with Gasteiger partial charge in [-0.2, -0.15) is 0 Å². The molecule has 1 aromatic carbocycles. The maximum atomic E-state index is 12.7. The quantitative estimate of drug-likeness (QED) is 0.553. The number of esters is 1. The van der Waals surface area contributed by atoms with Crippen molar-refractivity contribution in [3.8, 4) is 0 Å². The molecular weight excluding hydrogens is 378 g/mol. The number of rotatable bonds is 1. The van der Waals surface area contributed by atoms with E-state index in [4.69, 9.17) is 9.47 Å². The van der Waals surface area contributed by atoms with Gasteiger partial charge in [-0.3, -0.25) is 4.79 Å². The third kappa shape index (κ3) is 4.42. The predicted octanol–water partition coefficient (Wildman–Crippen LogP) is 3.19.